The molecule has 1 nitrogen and oxygen atoms in total. The van der Waals surface area contributed by atoms with Crippen LogP contribution in [-0.4, -0.2) is 11.7 Å². The fourth-order valence-electron chi connectivity index (χ4n) is 2.55. The van der Waals surface area contributed by atoms with E-state index in [1.807, 2.05) is 0 Å². The van der Waals surface area contributed by atoms with Crippen molar-refractivity contribution in [2.45, 2.75) is 97.3 Å². The van der Waals surface area contributed by atoms with Crippen LogP contribution in [0.4, 0.5) is 0 Å². The molecule has 0 saturated carbocycles. The largest absolute Gasteiger partial charge is 0.396 e. The lowest BCUT2D eigenvalue weighted by molar-refractivity contribution is 0.282. The maximum Gasteiger partial charge on any atom is 0.0431 e. The molecular weight excluding hydrogens is 220 g/mol. The summed E-state index contributed by atoms with van der Waals surface area (Å²) in [4.78, 5) is 0. The van der Waals surface area contributed by atoms with Crippen LogP contribution in [-0.2, 0) is 0 Å². The Morgan fingerprint density at radius 2 is 1.11 bits per heavy atom. The van der Waals surface area contributed by atoms with E-state index in [1.54, 1.807) is 0 Å². The molecule has 1 N–H and O–H groups in total. The van der Waals surface area contributed by atoms with Crippen molar-refractivity contribution in [1.29, 1.82) is 0 Å². The van der Waals surface area contributed by atoms with Crippen molar-refractivity contribution in [1.82, 2.24) is 0 Å². The zero-order valence-corrected chi connectivity index (χ0v) is 12.9. The maximum atomic E-state index is 8.67. The van der Waals surface area contributed by atoms with E-state index in [-0.39, 0.29) is 0 Å². The predicted octanol–water partition coefficient (Wildman–Crippen LogP) is 5.71. The molecule has 0 aliphatic rings. The average Bonchev–Trinajstić information content (AvgIpc) is 2.37. The SMILES string of the molecule is CCCCCC(C)CCCCCCCCCCO. The zero-order valence-electron chi connectivity index (χ0n) is 12.9. The molecule has 0 aliphatic carbocycles. The van der Waals surface area contributed by atoms with Gasteiger partial charge in [0.15, 0.2) is 0 Å². The van der Waals surface area contributed by atoms with E-state index in [0.29, 0.717) is 6.61 Å². The van der Waals surface area contributed by atoms with Crippen molar-refractivity contribution >= 4 is 0 Å². The van der Waals surface area contributed by atoms with Crippen LogP contribution in [0.25, 0.3) is 0 Å². The van der Waals surface area contributed by atoms with Gasteiger partial charge in [0, 0.05) is 6.61 Å². The van der Waals surface area contributed by atoms with E-state index in [9.17, 15) is 0 Å². The summed E-state index contributed by atoms with van der Waals surface area (Å²) in [5.41, 5.74) is 0. The number of aliphatic hydroxyl groups excluding tert-OH is 1. The molecule has 0 radical (unpaired) electrons. The van der Waals surface area contributed by atoms with Crippen LogP contribution in [0.5, 0.6) is 0 Å². The number of hydrogen-bond donors (Lipinski definition) is 1. The molecule has 110 valence electrons. The highest BCUT2D eigenvalue weighted by Gasteiger charge is 2.01. The van der Waals surface area contributed by atoms with Gasteiger partial charge in [0.1, 0.15) is 0 Å². The Kier molecular flexibility index (Phi) is 15.0. The van der Waals surface area contributed by atoms with Gasteiger partial charge < -0.3 is 5.11 Å². The monoisotopic (exact) mass is 256 g/mol. The highest BCUT2D eigenvalue weighted by molar-refractivity contribution is 4.55. The fourth-order valence-corrected chi connectivity index (χ4v) is 2.55. The lowest BCUT2D eigenvalue weighted by atomic mass is 9.96. The molecule has 0 aromatic carbocycles. The van der Waals surface area contributed by atoms with Gasteiger partial charge >= 0.3 is 0 Å². The molecule has 0 rings (SSSR count). The van der Waals surface area contributed by atoms with Crippen LogP contribution >= 0.6 is 0 Å². The minimum absolute atomic E-state index is 0.371. The van der Waals surface area contributed by atoms with Gasteiger partial charge in [0.2, 0.25) is 0 Å². The third-order valence-corrected chi connectivity index (χ3v) is 3.91. The number of unbranched alkanes of at least 4 members (excludes halogenated alkanes) is 9. The normalized spacial score (nSPS) is 12.8. The van der Waals surface area contributed by atoms with Crippen LogP contribution < -0.4 is 0 Å². The summed E-state index contributed by atoms with van der Waals surface area (Å²) < 4.78 is 0. The van der Waals surface area contributed by atoms with Gasteiger partial charge in [-0.3, -0.25) is 0 Å². The minimum Gasteiger partial charge on any atom is -0.396 e. The summed E-state index contributed by atoms with van der Waals surface area (Å²) in [6.45, 7) is 5.08. The van der Waals surface area contributed by atoms with Crippen molar-refractivity contribution in [2.75, 3.05) is 6.61 Å². The minimum atomic E-state index is 0.371. The van der Waals surface area contributed by atoms with Gasteiger partial charge in [0.05, 0.1) is 0 Å². The highest BCUT2D eigenvalue weighted by atomic mass is 16.2. The molecule has 0 amide bonds. The predicted molar refractivity (Wildman–Crippen MR) is 81.9 cm³/mol. The summed E-state index contributed by atoms with van der Waals surface area (Å²) in [6.07, 6.45) is 17.6. The quantitative estimate of drug-likeness (QED) is 0.395. The first-order valence-electron chi connectivity index (χ1n) is 8.42. The van der Waals surface area contributed by atoms with Crippen LogP contribution in [0.15, 0.2) is 0 Å². The Morgan fingerprint density at radius 3 is 1.61 bits per heavy atom. The number of rotatable bonds is 14. The Balaban J connectivity index is 3.05. The molecule has 0 aromatic rings. The molecular formula is C17H36O. The first-order valence-corrected chi connectivity index (χ1v) is 8.42. The lowest BCUT2D eigenvalue weighted by Crippen LogP contribution is -1.94. The van der Waals surface area contributed by atoms with E-state index in [1.165, 1.54) is 77.0 Å². The van der Waals surface area contributed by atoms with Crippen molar-refractivity contribution < 1.29 is 5.11 Å². The van der Waals surface area contributed by atoms with Gasteiger partial charge in [-0.1, -0.05) is 90.9 Å². The molecule has 0 aliphatic heterocycles. The molecule has 1 heteroatoms. The third kappa shape index (κ3) is 14.0. The van der Waals surface area contributed by atoms with Crippen molar-refractivity contribution in [3.8, 4) is 0 Å². The van der Waals surface area contributed by atoms with E-state index in [0.717, 1.165) is 12.3 Å². The zero-order chi connectivity index (χ0) is 13.5. The van der Waals surface area contributed by atoms with E-state index in [2.05, 4.69) is 13.8 Å². The van der Waals surface area contributed by atoms with Crippen LogP contribution in [0.1, 0.15) is 97.3 Å². The first kappa shape index (κ1) is 18.0. The van der Waals surface area contributed by atoms with Gasteiger partial charge in [-0.15, -0.1) is 0 Å². The molecule has 0 bridgehead atoms. The third-order valence-electron chi connectivity index (χ3n) is 3.91. The van der Waals surface area contributed by atoms with Crippen LogP contribution in [0.2, 0.25) is 0 Å². The molecule has 1 unspecified atom stereocenters. The number of hydrogen-bond acceptors (Lipinski definition) is 1. The van der Waals surface area contributed by atoms with Crippen molar-refractivity contribution in [3.05, 3.63) is 0 Å². The second-order valence-corrected chi connectivity index (χ2v) is 5.94. The first-order chi connectivity index (χ1) is 8.81. The van der Waals surface area contributed by atoms with Gasteiger partial charge in [-0.05, 0) is 12.3 Å². The molecule has 0 spiro atoms. The molecule has 0 heterocycles. The second kappa shape index (κ2) is 15.0. The smallest absolute Gasteiger partial charge is 0.0431 e. The van der Waals surface area contributed by atoms with Crippen molar-refractivity contribution in [3.63, 3.8) is 0 Å². The highest BCUT2D eigenvalue weighted by Crippen LogP contribution is 2.17. The van der Waals surface area contributed by atoms with E-state index >= 15 is 0 Å². The summed E-state index contributed by atoms with van der Waals surface area (Å²) in [7, 11) is 0. The lowest BCUT2D eigenvalue weighted by Gasteiger charge is -2.10. The summed E-state index contributed by atoms with van der Waals surface area (Å²) >= 11 is 0. The van der Waals surface area contributed by atoms with Crippen LogP contribution in [0.3, 0.4) is 0 Å². The van der Waals surface area contributed by atoms with Crippen molar-refractivity contribution in [2.24, 2.45) is 5.92 Å². The summed E-state index contributed by atoms with van der Waals surface area (Å²) in [5.74, 6) is 0.945. The maximum absolute atomic E-state index is 8.67. The van der Waals surface area contributed by atoms with Gasteiger partial charge in [0.25, 0.3) is 0 Å². The number of aliphatic hydroxyl groups is 1. The van der Waals surface area contributed by atoms with Crippen LogP contribution in [0, 0.1) is 5.92 Å². The standard InChI is InChI=1S/C17H36O/c1-3-4-11-14-17(2)15-12-9-7-5-6-8-10-13-16-18/h17-18H,3-16H2,1-2H3. The molecule has 0 fully saturated rings. The second-order valence-electron chi connectivity index (χ2n) is 5.94. The Morgan fingerprint density at radius 1 is 0.667 bits per heavy atom. The average molecular weight is 256 g/mol. The summed E-state index contributed by atoms with van der Waals surface area (Å²) in [5, 5.41) is 8.67. The van der Waals surface area contributed by atoms with Gasteiger partial charge in [-0.25, -0.2) is 0 Å². The topological polar surface area (TPSA) is 20.2 Å². The molecule has 0 saturated heterocycles. The van der Waals surface area contributed by atoms with Gasteiger partial charge in [-0.2, -0.15) is 0 Å². The Labute approximate surface area is 115 Å². The molecule has 1 atom stereocenters. The summed E-state index contributed by atoms with van der Waals surface area (Å²) in [6, 6.07) is 0. The molecule has 0 aromatic heterocycles. The van der Waals surface area contributed by atoms with E-state index < -0.39 is 0 Å². The van der Waals surface area contributed by atoms with E-state index in [4.69, 9.17) is 5.11 Å². The Hall–Kier alpha value is -0.0400. The Bertz CT molecular complexity index is 145. The fraction of sp³-hybridized carbons (Fsp3) is 1.00. The molecule has 18 heavy (non-hydrogen) atoms.